The topological polar surface area (TPSA) is 12.4 Å². The summed E-state index contributed by atoms with van der Waals surface area (Å²) < 4.78 is 4.24. The van der Waals surface area contributed by atoms with E-state index in [-0.39, 0.29) is 0 Å². The summed E-state index contributed by atoms with van der Waals surface area (Å²) >= 11 is 0. The first-order chi connectivity index (χ1) is 4.93. The molecule has 0 saturated carbocycles. The fraction of sp³-hybridized carbons (Fsp3) is 0.143. The number of hydrogen-bond donors (Lipinski definition) is 0. The molecule has 0 aliphatic rings. The molecule has 3 heteroatoms. The van der Waals surface area contributed by atoms with Crippen LogP contribution in [0.25, 0.3) is 0 Å². The van der Waals surface area contributed by atoms with Crippen molar-refractivity contribution in [1.29, 1.82) is 0 Å². The number of rotatable bonds is 2. The molecule has 10 heavy (non-hydrogen) atoms. The molecule has 0 radical (unpaired) electrons. The summed E-state index contributed by atoms with van der Waals surface area (Å²) in [4.78, 5) is 0. The average Bonchev–Trinajstić information content (AvgIpc) is 2.03. The largest absolute Gasteiger partial charge is 0.244 e. The van der Waals surface area contributed by atoms with E-state index in [1.54, 1.807) is 0 Å². The van der Waals surface area contributed by atoms with Crippen LogP contribution in [0.4, 0.5) is 0 Å². The molecule has 1 atom stereocenters. The first-order valence-corrected chi connectivity index (χ1v) is 5.35. The molecule has 0 fully saturated rings. The zero-order valence-corrected chi connectivity index (χ0v) is 7.68. The molecule has 0 aliphatic heterocycles. The summed E-state index contributed by atoms with van der Waals surface area (Å²) in [6.07, 6.45) is 0. The Morgan fingerprint density at radius 2 is 2.00 bits per heavy atom. The van der Waals surface area contributed by atoms with Gasteiger partial charge in [0.1, 0.15) is 0 Å². The molecule has 1 nitrogen and oxygen atoms in total. The normalized spacial score (nSPS) is 11.7. The van der Waals surface area contributed by atoms with Crippen molar-refractivity contribution >= 4 is 22.4 Å². The lowest BCUT2D eigenvalue weighted by Crippen LogP contribution is -1.85. The summed E-state index contributed by atoms with van der Waals surface area (Å²) in [6.45, 7) is 2.08. The van der Waals surface area contributed by atoms with Gasteiger partial charge < -0.3 is 0 Å². The summed E-state index contributed by atoms with van der Waals surface area (Å²) in [5.74, 6) is 0. The lowest BCUT2D eigenvalue weighted by Gasteiger charge is -1.86. The monoisotopic (exact) mass is 169 g/mol. The number of hydrogen-bond acceptors (Lipinski definition) is 1. The van der Waals surface area contributed by atoms with Gasteiger partial charge in [0.15, 0.2) is 0 Å². The maximum absolute atomic E-state index is 4.24. The Labute approximate surface area is 64.6 Å². The van der Waals surface area contributed by atoms with Crippen molar-refractivity contribution in [3.63, 3.8) is 0 Å². The van der Waals surface area contributed by atoms with Crippen molar-refractivity contribution in [2.75, 3.05) is 6.66 Å². The molecule has 1 aromatic carbocycles. The second-order valence-corrected chi connectivity index (χ2v) is 3.72. The van der Waals surface area contributed by atoms with Crippen molar-refractivity contribution in [2.45, 2.75) is 0 Å². The quantitative estimate of drug-likeness (QED) is 0.603. The van der Waals surface area contributed by atoms with Crippen molar-refractivity contribution in [2.24, 2.45) is 4.52 Å². The third-order valence-corrected chi connectivity index (χ3v) is 2.75. The van der Waals surface area contributed by atoms with Gasteiger partial charge in [-0.05, 0) is 18.8 Å². The van der Waals surface area contributed by atoms with Crippen molar-refractivity contribution in [1.82, 2.24) is 0 Å². The summed E-state index contributed by atoms with van der Waals surface area (Å²) in [6, 6.07) is 10.3. The molecule has 0 heterocycles. The Kier molecular flexibility index (Phi) is 3.57. The van der Waals surface area contributed by atoms with Gasteiger partial charge in [-0.2, -0.15) is 0 Å². The Bertz CT molecular complexity index is 208. The molecule has 0 saturated heterocycles. The van der Waals surface area contributed by atoms with Crippen LogP contribution in [-0.4, -0.2) is 6.66 Å². The minimum atomic E-state index is 0.696. The molecule has 52 valence electrons. The standard InChI is InChI=1S/C7H9NP2/c1-9-8-10-7-5-3-2-4-6-7/h2-6,9H,1H3. The molecule has 0 spiro atoms. The van der Waals surface area contributed by atoms with Gasteiger partial charge in [-0.15, -0.1) is 0 Å². The van der Waals surface area contributed by atoms with Gasteiger partial charge >= 0.3 is 0 Å². The SMILES string of the molecule is CPN=Pc1ccccc1. The molecule has 1 unspecified atom stereocenters. The maximum atomic E-state index is 4.24. The van der Waals surface area contributed by atoms with E-state index < -0.39 is 0 Å². The van der Waals surface area contributed by atoms with Crippen LogP contribution in [0.1, 0.15) is 0 Å². The Hall–Kier alpha value is -0.250. The van der Waals surface area contributed by atoms with Crippen LogP contribution in [-0.2, 0) is 0 Å². The maximum Gasteiger partial charge on any atom is 0.0435 e. The summed E-state index contributed by atoms with van der Waals surface area (Å²) in [5.41, 5.74) is 0. The van der Waals surface area contributed by atoms with Gasteiger partial charge in [-0.3, -0.25) is 0 Å². The van der Waals surface area contributed by atoms with Gasteiger partial charge in [0.25, 0.3) is 0 Å². The second kappa shape index (κ2) is 4.55. The van der Waals surface area contributed by atoms with Gasteiger partial charge in [0.2, 0.25) is 0 Å². The molecule has 0 bridgehead atoms. The zero-order valence-electron chi connectivity index (χ0n) is 5.78. The predicted octanol–water partition coefficient (Wildman–Crippen LogP) is 2.67. The molecule has 0 aromatic heterocycles. The lowest BCUT2D eigenvalue weighted by atomic mass is 10.4. The summed E-state index contributed by atoms with van der Waals surface area (Å²) in [5, 5.41) is 1.27. The average molecular weight is 169 g/mol. The molecule has 1 rings (SSSR count). The van der Waals surface area contributed by atoms with E-state index in [0.717, 1.165) is 8.37 Å². The highest BCUT2D eigenvalue weighted by molar-refractivity contribution is 7.48. The first-order valence-electron chi connectivity index (χ1n) is 3.06. The van der Waals surface area contributed by atoms with Crippen LogP contribution in [0.5, 0.6) is 0 Å². The molecule has 0 aliphatic carbocycles. The second-order valence-electron chi connectivity index (χ2n) is 1.76. The van der Waals surface area contributed by atoms with Crippen molar-refractivity contribution in [3.8, 4) is 0 Å². The summed E-state index contributed by atoms with van der Waals surface area (Å²) in [7, 11) is 1.80. The highest BCUT2D eigenvalue weighted by Crippen LogP contribution is 2.12. The van der Waals surface area contributed by atoms with Crippen LogP contribution in [0.15, 0.2) is 34.8 Å². The van der Waals surface area contributed by atoms with Crippen molar-refractivity contribution < 1.29 is 0 Å². The van der Waals surface area contributed by atoms with E-state index in [4.69, 9.17) is 0 Å². The van der Waals surface area contributed by atoms with E-state index >= 15 is 0 Å². The molecular formula is C7H9NP2. The molecular weight excluding hydrogens is 160 g/mol. The minimum Gasteiger partial charge on any atom is -0.244 e. The van der Waals surface area contributed by atoms with Crippen LogP contribution in [0, 0.1) is 0 Å². The van der Waals surface area contributed by atoms with Gasteiger partial charge in [-0.1, -0.05) is 18.2 Å². The Morgan fingerprint density at radius 1 is 1.30 bits per heavy atom. The minimum absolute atomic E-state index is 0.696. The zero-order chi connectivity index (χ0) is 7.23. The van der Waals surface area contributed by atoms with Gasteiger partial charge in [-0.25, -0.2) is 4.52 Å². The molecule has 1 aromatic rings. The first kappa shape index (κ1) is 7.85. The highest BCUT2D eigenvalue weighted by Gasteiger charge is 1.81. The smallest absolute Gasteiger partial charge is 0.0435 e. The van der Waals surface area contributed by atoms with E-state index in [1.165, 1.54) is 5.30 Å². The van der Waals surface area contributed by atoms with Gasteiger partial charge in [0.05, 0.1) is 0 Å². The fourth-order valence-electron chi connectivity index (χ4n) is 0.602. The van der Waals surface area contributed by atoms with Crippen LogP contribution < -0.4 is 5.30 Å². The molecule has 0 N–H and O–H groups in total. The third-order valence-electron chi connectivity index (χ3n) is 1.02. The van der Waals surface area contributed by atoms with Crippen LogP contribution in [0.2, 0.25) is 0 Å². The van der Waals surface area contributed by atoms with E-state index in [2.05, 4.69) is 23.3 Å². The lowest BCUT2D eigenvalue weighted by molar-refractivity contribution is 1.78. The van der Waals surface area contributed by atoms with E-state index in [9.17, 15) is 0 Å². The Morgan fingerprint density at radius 3 is 2.60 bits per heavy atom. The van der Waals surface area contributed by atoms with E-state index in [1.807, 2.05) is 18.2 Å². The van der Waals surface area contributed by atoms with E-state index in [0.29, 0.717) is 8.73 Å². The van der Waals surface area contributed by atoms with Crippen LogP contribution in [0.3, 0.4) is 0 Å². The van der Waals surface area contributed by atoms with Crippen molar-refractivity contribution in [3.05, 3.63) is 30.3 Å². The number of nitrogens with zero attached hydrogens (tertiary/aromatic N) is 1. The third kappa shape index (κ3) is 2.56. The Balaban J connectivity index is 2.67. The van der Waals surface area contributed by atoms with Crippen LogP contribution >= 0.6 is 17.1 Å². The highest BCUT2D eigenvalue weighted by atomic mass is 31.1. The number of benzene rings is 1. The van der Waals surface area contributed by atoms with Gasteiger partial charge in [0, 0.05) is 22.4 Å². The predicted molar refractivity (Wildman–Crippen MR) is 49.7 cm³/mol. The fourth-order valence-corrected chi connectivity index (χ4v) is 1.77. The molecule has 0 amide bonds.